The molecule has 1 N–H and O–H groups in total. The molecule has 2 aromatic rings. The van der Waals surface area contributed by atoms with Crippen molar-refractivity contribution in [2.45, 2.75) is 26.2 Å². The normalized spacial score (nSPS) is 17.6. The summed E-state index contributed by atoms with van der Waals surface area (Å²) in [6, 6.07) is 9.85. The second kappa shape index (κ2) is 7.38. The Morgan fingerprint density at radius 3 is 2.83 bits per heavy atom. The molecule has 1 fully saturated rings. The molecule has 1 atom stereocenters. The van der Waals surface area contributed by atoms with Gasteiger partial charge in [0.1, 0.15) is 5.82 Å². The maximum atomic E-state index is 13.6. The van der Waals surface area contributed by atoms with Crippen molar-refractivity contribution in [3.8, 4) is 0 Å². The quantitative estimate of drug-likeness (QED) is 0.937. The maximum absolute atomic E-state index is 13.6. The van der Waals surface area contributed by atoms with Crippen molar-refractivity contribution in [2.24, 2.45) is 5.92 Å². The van der Waals surface area contributed by atoms with Crippen LogP contribution in [0.2, 0.25) is 0 Å². The van der Waals surface area contributed by atoms with Gasteiger partial charge in [-0.05, 0) is 42.5 Å². The van der Waals surface area contributed by atoms with E-state index in [-0.39, 0.29) is 18.1 Å². The first kappa shape index (κ1) is 16.4. The Morgan fingerprint density at radius 1 is 1.29 bits per heavy atom. The number of aromatic nitrogens is 2. The predicted molar refractivity (Wildman–Crippen MR) is 91.4 cm³/mol. The topological polar surface area (TPSA) is 58.1 Å². The molecule has 24 heavy (non-hydrogen) atoms. The Morgan fingerprint density at radius 2 is 2.12 bits per heavy atom. The molecule has 1 saturated heterocycles. The van der Waals surface area contributed by atoms with E-state index in [9.17, 15) is 9.18 Å². The Hall–Kier alpha value is -2.50. The van der Waals surface area contributed by atoms with E-state index in [0.29, 0.717) is 17.3 Å². The molecule has 5 nitrogen and oxygen atoms in total. The molecule has 0 spiro atoms. The molecule has 1 aromatic heterocycles. The van der Waals surface area contributed by atoms with E-state index >= 15 is 0 Å². The van der Waals surface area contributed by atoms with E-state index in [1.54, 1.807) is 24.3 Å². The summed E-state index contributed by atoms with van der Waals surface area (Å²) in [5.41, 5.74) is 0.363. The van der Waals surface area contributed by atoms with Gasteiger partial charge in [0.05, 0.1) is 6.42 Å². The molecule has 6 heteroatoms. The standard InChI is InChI=1S/C18H21FN4O/c1-13-5-4-10-23(12-13)17-9-8-16(21-22-17)20-18(24)11-14-6-2-3-7-15(14)19/h2-3,6-9,13H,4-5,10-12H2,1H3,(H,20,21,24). The van der Waals surface area contributed by atoms with Crippen molar-refractivity contribution >= 4 is 17.5 Å². The number of nitrogens with zero attached hydrogens (tertiary/aromatic N) is 3. The third kappa shape index (κ3) is 4.07. The zero-order valence-electron chi connectivity index (χ0n) is 13.7. The molecular formula is C18H21FN4O. The van der Waals surface area contributed by atoms with Crippen molar-refractivity contribution in [2.75, 3.05) is 23.3 Å². The molecule has 126 valence electrons. The van der Waals surface area contributed by atoms with Crippen LogP contribution in [0.15, 0.2) is 36.4 Å². The van der Waals surface area contributed by atoms with Gasteiger partial charge >= 0.3 is 0 Å². The van der Waals surface area contributed by atoms with E-state index in [2.05, 4.69) is 27.3 Å². The van der Waals surface area contributed by atoms with Crippen LogP contribution < -0.4 is 10.2 Å². The van der Waals surface area contributed by atoms with Gasteiger partial charge in [0.15, 0.2) is 11.6 Å². The summed E-state index contributed by atoms with van der Waals surface area (Å²) in [7, 11) is 0. The van der Waals surface area contributed by atoms with Gasteiger partial charge in [-0.2, -0.15) is 0 Å². The molecule has 2 heterocycles. The first-order chi connectivity index (χ1) is 11.6. The van der Waals surface area contributed by atoms with E-state index < -0.39 is 0 Å². The minimum Gasteiger partial charge on any atom is -0.355 e. The molecule has 0 aliphatic carbocycles. The number of anilines is 2. The number of carbonyl (C=O) groups is 1. The summed E-state index contributed by atoms with van der Waals surface area (Å²) < 4.78 is 13.6. The van der Waals surface area contributed by atoms with Gasteiger partial charge in [0.2, 0.25) is 5.91 Å². The number of piperidine rings is 1. The Balaban J connectivity index is 1.59. The summed E-state index contributed by atoms with van der Waals surface area (Å²) in [6.45, 7) is 4.20. The SMILES string of the molecule is CC1CCCN(c2ccc(NC(=O)Cc3ccccc3F)nn2)C1. The van der Waals surface area contributed by atoms with Gasteiger partial charge in [-0.15, -0.1) is 10.2 Å². The molecule has 0 radical (unpaired) electrons. The van der Waals surface area contributed by atoms with Gasteiger partial charge in [-0.3, -0.25) is 4.79 Å². The monoisotopic (exact) mass is 328 g/mol. The van der Waals surface area contributed by atoms with Crippen LogP contribution in [-0.2, 0) is 11.2 Å². The third-order valence-corrected chi connectivity index (χ3v) is 4.21. The predicted octanol–water partition coefficient (Wildman–Crippen LogP) is 3.03. The third-order valence-electron chi connectivity index (χ3n) is 4.21. The van der Waals surface area contributed by atoms with Gasteiger partial charge in [0, 0.05) is 13.1 Å². The van der Waals surface area contributed by atoms with E-state index in [1.165, 1.54) is 12.5 Å². The molecule has 1 amide bonds. The number of carbonyl (C=O) groups excluding carboxylic acids is 1. The van der Waals surface area contributed by atoms with Crippen LogP contribution in [0.4, 0.5) is 16.0 Å². The maximum Gasteiger partial charge on any atom is 0.230 e. The Labute approximate surface area is 140 Å². The van der Waals surface area contributed by atoms with Gasteiger partial charge in [-0.25, -0.2) is 4.39 Å². The fourth-order valence-electron chi connectivity index (χ4n) is 2.96. The first-order valence-corrected chi connectivity index (χ1v) is 8.24. The number of nitrogens with one attached hydrogen (secondary N) is 1. The van der Waals surface area contributed by atoms with Crippen molar-refractivity contribution in [3.63, 3.8) is 0 Å². The van der Waals surface area contributed by atoms with Crippen LogP contribution in [0.25, 0.3) is 0 Å². The lowest BCUT2D eigenvalue weighted by molar-refractivity contribution is -0.115. The number of hydrogen-bond acceptors (Lipinski definition) is 4. The van der Waals surface area contributed by atoms with Crippen molar-refractivity contribution in [3.05, 3.63) is 47.8 Å². The van der Waals surface area contributed by atoms with E-state index in [0.717, 1.165) is 25.3 Å². The summed E-state index contributed by atoms with van der Waals surface area (Å²) in [4.78, 5) is 14.2. The van der Waals surface area contributed by atoms with Crippen LogP contribution in [0.5, 0.6) is 0 Å². The highest BCUT2D eigenvalue weighted by molar-refractivity contribution is 5.91. The van der Waals surface area contributed by atoms with Gasteiger partial charge in [0.25, 0.3) is 0 Å². The van der Waals surface area contributed by atoms with Crippen molar-refractivity contribution in [1.29, 1.82) is 0 Å². The lowest BCUT2D eigenvalue weighted by Gasteiger charge is -2.31. The van der Waals surface area contributed by atoms with E-state index in [4.69, 9.17) is 0 Å². The number of amides is 1. The minimum absolute atomic E-state index is 0.0280. The van der Waals surface area contributed by atoms with Crippen LogP contribution in [-0.4, -0.2) is 29.2 Å². The summed E-state index contributed by atoms with van der Waals surface area (Å²) in [6.07, 6.45) is 2.37. The fourth-order valence-corrected chi connectivity index (χ4v) is 2.96. The second-order valence-corrected chi connectivity index (χ2v) is 6.29. The van der Waals surface area contributed by atoms with Crippen molar-refractivity contribution < 1.29 is 9.18 Å². The van der Waals surface area contributed by atoms with Crippen LogP contribution >= 0.6 is 0 Å². The largest absolute Gasteiger partial charge is 0.355 e. The second-order valence-electron chi connectivity index (χ2n) is 6.29. The summed E-state index contributed by atoms with van der Waals surface area (Å²) in [5.74, 6) is 1.17. The zero-order valence-corrected chi connectivity index (χ0v) is 13.7. The van der Waals surface area contributed by atoms with E-state index in [1.807, 2.05) is 6.07 Å². The van der Waals surface area contributed by atoms with Crippen LogP contribution in [0.1, 0.15) is 25.3 Å². The molecule has 1 unspecified atom stereocenters. The lowest BCUT2D eigenvalue weighted by atomic mass is 10.0. The van der Waals surface area contributed by atoms with Gasteiger partial charge < -0.3 is 10.2 Å². The lowest BCUT2D eigenvalue weighted by Crippen LogP contribution is -2.34. The molecule has 3 rings (SSSR count). The summed E-state index contributed by atoms with van der Waals surface area (Å²) in [5, 5.41) is 10.9. The number of hydrogen-bond donors (Lipinski definition) is 1. The minimum atomic E-state index is -0.381. The average Bonchev–Trinajstić information content (AvgIpc) is 2.58. The molecular weight excluding hydrogens is 307 g/mol. The Bertz CT molecular complexity index is 704. The highest BCUT2D eigenvalue weighted by atomic mass is 19.1. The number of rotatable bonds is 4. The molecule has 0 bridgehead atoms. The smallest absolute Gasteiger partial charge is 0.230 e. The number of halogens is 1. The highest BCUT2D eigenvalue weighted by Crippen LogP contribution is 2.21. The van der Waals surface area contributed by atoms with Crippen LogP contribution in [0.3, 0.4) is 0 Å². The van der Waals surface area contributed by atoms with Gasteiger partial charge in [-0.1, -0.05) is 25.1 Å². The summed E-state index contributed by atoms with van der Waals surface area (Å²) >= 11 is 0. The molecule has 1 aliphatic heterocycles. The Kier molecular flexibility index (Phi) is 5.03. The molecule has 1 aromatic carbocycles. The highest BCUT2D eigenvalue weighted by Gasteiger charge is 2.18. The molecule has 1 aliphatic rings. The molecule has 0 saturated carbocycles. The fraction of sp³-hybridized carbons (Fsp3) is 0.389. The van der Waals surface area contributed by atoms with Crippen LogP contribution in [0, 0.1) is 11.7 Å². The first-order valence-electron chi connectivity index (χ1n) is 8.24. The average molecular weight is 328 g/mol. The zero-order chi connectivity index (χ0) is 16.9. The number of benzene rings is 1. The van der Waals surface area contributed by atoms with Crippen molar-refractivity contribution in [1.82, 2.24) is 10.2 Å².